The van der Waals surface area contributed by atoms with Gasteiger partial charge in [0.05, 0.1) is 18.1 Å². The van der Waals surface area contributed by atoms with Crippen molar-refractivity contribution in [3.05, 3.63) is 29.6 Å². The summed E-state index contributed by atoms with van der Waals surface area (Å²) in [7, 11) is 0. The Hall–Kier alpha value is -1.62. The highest BCUT2D eigenvalue weighted by atomic mass is 19.1. The maximum atomic E-state index is 13.3. The van der Waals surface area contributed by atoms with Crippen molar-refractivity contribution < 1.29 is 19.0 Å². The topological polar surface area (TPSA) is 58.6 Å². The summed E-state index contributed by atoms with van der Waals surface area (Å²) in [4.78, 5) is 12.4. The maximum Gasteiger partial charge on any atom is 0.227 e. The highest BCUT2D eigenvalue weighted by Gasteiger charge is 2.37. The van der Waals surface area contributed by atoms with Crippen LogP contribution in [0.3, 0.4) is 0 Å². The summed E-state index contributed by atoms with van der Waals surface area (Å²) < 4.78 is 18.8. The average Bonchev–Trinajstić information content (AvgIpc) is 2.95. The molecule has 114 valence electrons. The van der Waals surface area contributed by atoms with E-state index in [9.17, 15) is 14.3 Å². The number of hydrogen-bond donors (Lipinski definition) is 2. The molecule has 21 heavy (non-hydrogen) atoms. The van der Waals surface area contributed by atoms with Gasteiger partial charge in [0.1, 0.15) is 18.2 Å². The molecule has 1 atom stereocenters. The molecule has 1 fully saturated rings. The molecular formula is C16H20FNO3. The van der Waals surface area contributed by atoms with Crippen LogP contribution in [0.4, 0.5) is 4.39 Å². The van der Waals surface area contributed by atoms with Crippen molar-refractivity contribution in [1.82, 2.24) is 5.32 Å². The first kappa shape index (κ1) is 14.3. The normalized spacial score (nSPS) is 23.2. The van der Waals surface area contributed by atoms with Crippen LogP contribution in [0.25, 0.3) is 0 Å². The lowest BCUT2D eigenvalue weighted by molar-refractivity contribution is -0.128. The molecule has 0 radical (unpaired) electrons. The van der Waals surface area contributed by atoms with Crippen LogP contribution < -0.4 is 10.1 Å². The van der Waals surface area contributed by atoms with Gasteiger partial charge in [-0.05, 0) is 43.0 Å². The largest absolute Gasteiger partial charge is 0.492 e. The van der Waals surface area contributed by atoms with Crippen LogP contribution >= 0.6 is 0 Å². The number of carbonyl (C=O) groups is 1. The molecule has 1 aromatic rings. The van der Waals surface area contributed by atoms with E-state index in [0.29, 0.717) is 18.8 Å². The standard InChI is InChI=1S/C16H20FNO3/c17-13-3-4-14-11(8-13)7-12(9-21-14)15(20)18-16(10-19)5-1-2-6-16/h3-4,8,12,19H,1-2,5-7,9-10H2,(H,18,20). The molecule has 0 bridgehead atoms. The van der Waals surface area contributed by atoms with Crippen LogP contribution in [0.2, 0.25) is 0 Å². The Morgan fingerprint density at radius 1 is 1.43 bits per heavy atom. The first-order valence-electron chi connectivity index (χ1n) is 7.46. The number of ether oxygens (including phenoxy) is 1. The van der Waals surface area contributed by atoms with E-state index in [-0.39, 0.29) is 24.2 Å². The first-order valence-corrected chi connectivity index (χ1v) is 7.46. The van der Waals surface area contributed by atoms with Crippen LogP contribution in [0.5, 0.6) is 5.75 Å². The van der Waals surface area contributed by atoms with Gasteiger partial charge < -0.3 is 15.2 Å². The molecule has 4 nitrogen and oxygen atoms in total. The van der Waals surface area contributed by atoms with E-state index in [2.05, 4.69) is 5.32 Å². The van der Waals surface area contributed by atoms with Crippen molar-refractivity contribution in [2.45, 2.75) is 37.6 Å². The zero-order chi connectivity index (χ0) is 14.9. The van der Waals surface area contributed by atoms with Gasteiger partial charge >= 0.3 is 0 Å². The molecular weight excluding hydrogens is 273 g/mol. The summed E-state index contributed by atoms with van der Waals surface area (Å²) in [6, 6.07) is 4.38. The number of halogens is 1. The van der Waals surface area contributed by atoms with Gasteiger partial charge in [-0.3, -0.25) is 4.79 Å². The average molecular weight is 293 g/mol. The van der Waals surface area contributed by atoms with Crippen molar-refractivity contribution >= 4 is 5.91 Å². The van der Waals surface area contributed by atoms with Gasteiger partial charge in [0.2, 0.25) is 5.91 Å². The van der Waals surface area contributed by atoms with Crippen molar-refractivity contribution in [3.8, 4) is 5.75 Å². The number of rotatable bonds is 3. The smallest absolute Gasteiger partial charge is 0.227 e. The van der Waals surface area contributed by atoms with Gasteiger partial charge in [-0.1, -0.05) is 12.8 Å². The third-order valence-electron chi connectivity index (χ3n) is 4.55. The lowest BCUT2D eigenvalue weighted by Crippen LogP contribution is -2.52. The quantitative estimate of drug-likeness (QED) is 0.893. The van der Waals surface area contributed by atoms with Crippen LogP contribution in [0.1, 0.15) is 31.2 Å². The Kier molecular flexibility index (Phi) is 3.85. The molecule has 1 aromatic carbocycles. The Morgan fingerprint density at radius 2 is 2.19 bits per heavy atom. The molecule has 0 spiro atoms. The van der Waals surface area contributed by atoms with Crippen LogP contribution in [0, 0.1) is 11.7 Å². The molecule has 1 aliphatic carbocycles. The van der Waals surface area contributed by atoms with Crippen LogP contribution in [-0.2, 0) is 11.2 Å². The van der Waals surface area contributed by atoms with E-state index in [0.717, 1.165) is 31.2 Å². The molecule has 2 aliphatic rings. The molecule has 1 aliphatic heterocycles. The summed E-state index contributed by atoms with van der Waals surface area (Å²) in [6.45, 7) is 0.267. The number of fused-ring (bicyclic) bond motifs is 1. The molecule has 3 rings (SSSR count). The highest BCUT2D eigenvalue weighted by Crippen LogP contribution is 2.31. The lowest BCUT2D eigenvalue weighted by atomic mass is 9.93. The fourth-order valence-electron chi connectivity index (χ4n) is 3.27. The van der Waals surface area contributed by atoms with E-state index in [4.69, 9.17) is 4.74 Å². The van der Waals surface area contributed by atoms with E-state index in [1.807, 2.05) is 0 Å². The number of hydrogen-bond acceptors (Lipinski definition) is 3. The second-order valence-electron chi connectivity index (χ2n) is 6.10. The molecule has 1 amide bonds. The van der Waals surface area contributed by atoms with E-state index >= 15 is 0 Å². The number of aliphatic hydroxyl groups is 1. The monoisotopic (exact) mass is 293 g/mol. The van der Waals surface area contributed by atoms with Gasteiger partial charge in [-0.25, -0.2) is 4.39 Å². The first-order chi connectivity index (χ1) is 10.1. The number of aliphatic hydroxyl groups excluding tert-OH is 1. The molecule has 1 unspecified atom stereocenters. The Balaban J connectivity index is 1.69. The van der Waals surface area contributed by atoms with E-state index < -0.39 is 5.54 Å². The van der Waals surface area contributed by atoms with Crippen molar-refractivity contribution in [2.24, 2.45) is 5.92 Å². The van der Waals surface area contributed by atoms with Gasteiger partial charge in [-0.15, -0.1) is 0 Å². The zero-order valence-electron chi connectivity index (χ0n) is 11.9. The number of carbonyl (C=O) groups excluding carboxylic acids is 1. The zero-order valence-corrected chi connectivity index (χ0v) is 11.9. The predicted octanol–water partition coefficient (Wildman–Crippen LogP) is 1.80. The Bertz CT molecular complexity index is 540. The predicted molar refractivity (Wildman–Crippen MR) is 75.5 cm³/mol. The van der Waals surface area contributed by atoms with Crippen LogP contribution in [-0.4, -0.2) is 29.8 Å². The minimum Gasteiger partial charge on any atom is -0.492 e. The highest BCUT2D eigenvalue weighted by molar-refractivity contribution is 5.80. The van der Waals surface area contributed by atoms with Crippen molar-refractivity contribution in [3.63, 3.8) is 0 Å². The van der Waals surface area contributed by atoms with Crippen LogP contribution in [0.15, 0.2) is 18.2 Å². The third-order valence-corrected chi connectivity index (χ3v) is 4.55. The summed E-state index contributed by atoms with van der Waals surface area (Å²) in [5.41, 5.74) is 0.255. The molecule has 1 saturated carbocycles. The SMILES string of the molecule is O=C(NC1(CO)CCCC1)C1COc2ccc(F)cc2C1. The fourth-order valence-corrected chi connectivity index (χ4v) is 3.27. The number of amides is 1. The summed E-state index contributed by atoms with van der Waals surface area (Å²) in [5, 5.41) is 12.6. The third kappa shape index (κ3) is 2.88. The summed E-state index contributed by atoms with van der Waals surface area (Å²) in [6.07, 6.45) is 4.15. The second-order valence-corrected chi connectivity index (χ2v) is 6.10. The minimum atomic E-state index is -0.473. The summed E-state index contributed by atoms with van der Waals surface area (Å²) >= 11 is 0. The Labute approximate surface area is 123 Å². The molecule has 0 aromatic heterocycles. The maximum absolute atomic E-state index is 13.3. The van der Waals surface area contributed by atoms with Gasteiger partial charge in [0.25, 0.3) is 0 Å². The molecule has 5 heteroatoms. The molecule has 2 N–H and O–H groups in total. The van der Waals surface area contributed by atoms with Gasteiger partial charge in [0, 0.05) is 0 Å². The second kappa shape index (κ2) is 5.64. The fraction of sp³-hybridized carbons (Fsp3) is 0.562. The van der Waals surface area contributed by atoms with Gasteiger partial charge in [0.15, 0.2) is 0 Å². The number of benzene rings is 1. The van der Waals surface area contributed by atoms with Crippen molar-refractivity contribution in [1.29, 1.82) is 0 Å². The number of nitrogens with one attached hydrogen (secondary N) is 1. The van der Waals surface area contributed by atoms with E-state index in [1.165, 1.54) is 12.1 Å². The Morgan fingerprint density at radius 3 is 2.90 bits per heavy atom. The van der Waals surface area contributed by atoms with Crippen molar-refractivity contribution in [2.75, 3.05) is 13.2 Å². The molecule has 0 saturated heterocycles. The lowest BCUT2D eigenvalue weighted by Gasteiger charge is -2.32. The minimum absolute atomic E-state index is 0.0302. The van der Waals surface area contributed by atoms with Gasteiger partial charge in [-0.2, -0.15) is 0 Å². The summed E-state index contributed by atoms with van der Waals surface area (Å²) in [5.74, 6) is -0.108. The van der Waals surface area contributed by atoms with E-state index in [1.54, 1.807) is 6.07 Å². The molecule has 1 heterocycles.